The fourth-order valence-corrected chi connectivity index (χ4v) is 4.94. The Labute approximate surface area is 204 Å². The standard InChI is InChI=1S/C27H32N4O4/c1-16(2)24(25(28)33)30-26(34)27(31-23(32)14-17-8-4-7-11-22(17)35-3)13-12-21-19(15-27)18-9-5-6-10-20(18)29-21/h4-11,16,24,29H,12-15H2,1-3H3,(H2,28,33)(H,30,34)(H,31,32)/t24-,27-/m0/s1. The number of aryl methyl sites for hydroxylation is 1. The van der Waals surface area contributed by atoms with Crippen LogP contribution in [-0.2, 0) is 33.6 Å². The first kappa shape index (κ1) is 24.3. The number of aromatic amines is 1. The Morgan fingerprint density at radius 2 is 1.83 bits per heavy atom. The minimum absolute atomic E-state index is 0.0587. The summed E-state index contributed by atoms with van der Waals surface area (Å²) in [4.78, 5) is 42.5. The molecule has 0 radical (unpaired) electrons. The molecule has 4 rings (SSSR count). The molecule has 1 aromatic heterocycles. The zero-order chi connectivity index (χ0) is 25.2. The number of amides is 3. The second-order valence-corrected chi connectivity index (χ2v) is 9.52. The van der Waals surface area contributed by atoms with Crippen LogP contribution in [0.25, 0.3) is 10.9 Å². The van der Waals surface area contributed by atoms with Crippen LogP contribution in [0.1, 0.15) is 37.1 Å². The van der Waals surface area contributed by atoms with Crippen molar-refractivity contribution in [3.8, 4) is 5.75 Å². The van der Waals surface area contributed by atoms with Gasteiger partial charge in [-0.05, 0) is 36.5 Å². The van der Waals surface area contributed by atoms with Crippen molar-refractivity contribution in [1.29, 1.82) is 0 Å². The summed E-state index contributed by atoms with van der Waals surface area (Å²) in [5, 5.41) is 6.89. The highest BCUT2D eigenvalue weighted by Crippen LogP contribution is 2.34. The Balaban J connectivity index is 1.67. The third-order valence-corrected chi connectivity index (χ3v) is 6.80. The summed E-state index contributed by atoms with van der Waals surface area (Å²) in [5.74, 6) is -0.887. The lowest BCUT2D eigenvalue weighted by Gasteiger charge is -2.38. The summed E-state index contributed by atoms with van der Waals surface area (Å²) in [6.07, 6.45) is 1.33. The number of primary amides is 1. The molecule has 1 heterocycles. The number of hydrogen-bond acceptors (Lipinski definition) is 4. The Bertz CT molecular complexity index is 1270. The molecule has 1 aliphatic carbocycles. The van der Waals surface area contributed by atoms with Crippen LogP contribution in [0.5, 0.6) is 5.75 Å². The molecule has 3 amide bonds. The molecule has 8 nitrogen and oxygen atoms in total. The number of ether oxygens (including phenoxy) is 1. The van der Waals surface area contributed by atoms with E-state index in [0.717, 1.165) is 27.7 Å². The first-order valence-corrected chi connectivity index (χ1v) is 11.9. The molecule has 0 spiro atoms. The van der Waals surface area contributed by atoms with E-state index in [1.807, 2.05) is 56.3 Å². The molecular weight excluding hydrogens is 444 g/mol. The third kappa shape index (κ3) is 4.87. The van der Waals surface area contributed by atoms with Gasteiger partial charge in [-0.3, -0.25) is 14.4 Å². The minimum atomic E-state index is -1.22. The lowest BCUT2D eigenvalue weighted by Crippen LogP contribution is -2.64. The molecule has 5 N–H and O–H groups in total. The molecule has 0 fully saturated rings. The summed E-state index contributed by atoms with van der Waals surface area (Å²) in [5.41, 5.74) is 8.12. The molecule has 1 aliphatic rings. The van der Waals surface area contributed by atoms with Gasteiger partial charge in [-0.15, -0.1) is 0 Å². The van der Waals surface area contributed by atoms with Crippen LogP contribution >= 0.6 is 0 Å². The lowest BCUT2D eigenvalue weighted by atomic mass is 9.78. The number of H-pyrrole nitrogens is 1. The number of hydrogen-bond donors (Lipinski definition) is 4. The van der Waals surface area contributed by atoms with Crippen molar-refractivity contribution in [3.63, 3.8) is 0 Å². The average Bonchev–Trinajstić information content (AvgIpc) is 3.20. The molecule has 184 valence electrons. The van der Waals surface area contributed by atoms with E-state index >= 15 is 0 Å². The van der Waals surface area contributed by atoms with Crippen molar-refractivity contribution in [2.24, 2.45) is 11.7 Å². The van der Waals surface area contributed by atoms with Gasteiger partial charge in [0.15, 0.2) is 0 Å². The van der Waals surface area contributed by atoms with Crippen molar-refractivity contribution in [2.75, 3.05) is 7.11 Å². The predicted molar refractivity (Wildman–Crippen MR) is 134 cm³/mol. The van der Waals surface area contributed by atoms with Crippen molar-refractivity contribution in [1.82, 2.24) is 15.6 Å². The molecular formula is C27H32N4O4. The van der Waals surface area contributed by atoms with Crippen LogP contribution in [0, 0.1) is 5.92 Å². The number of nitrogens with two attached hydrogens (primary N) is 1. The Kier molecular flexibility index (Phi) is 6.82. The van der Waals surface area contributed by atoms with Gasteiger partial charge in [-0.2, -0.15) is 0 Å². The largest absolute Gasteiger partial charge is 0.496 e. The van der Waals surface area contributed by atoms with E-state index in [4.69, 9.17) is 10.5 Å². The van der Waals surface area contributed by atoms with Gasteiger partial charge in [0.05, 0.1) is 13.5 Å². The maximum atomic E-state index is 13.7. The molecule has 0 unspecified atom stereocenters. The highest BCUT2D eigenvalue weighted by Gasteiger charge is 2.45. The first-order valence-electron chi connectivity index (χ1n) is 11.9. The molecule has 0 aliphatic heterocycles. The highest BCUT2D eigenvalue weighted by molar-refractivity contribution is 5.97. The summed E-state index contributed by atoms with van der Waals surface area (Å²) >= 11 is 0. The van der Waals surface area contributed by atoms with Crippen molar-refractivity contribution >= 4 is 28.6 Å². The number of carbonyl (C=O) groups excluding carboxylic acids is 3. The predicted octanol–water partition coefficient (Wildman–Crippen LogP) is 2.39. The third-order valence-electron chi connectivity index (χ3n) is 6.80. The van der Waals surface area contributed by atoms with Crippen LogP contribution in [-0.4, -0.2) is 41.4 Å². The summed E-state index contributed by atoms with van der Waals surface area (Å²) in [7, 11) is 1.56. The van der Waals surface area contributed by atoms with Gasteiger partial charge in [0.2, 0.25) is 17.7 Å². The monoisotopic (exact) mass is 476 g/mol. The van der Waals surface area contributed by atoms with Gasteiger partial charge in [0.1, 0.15) is 17.3 Å². The molecule has 0 bridgehead atoms. The van der Waals surface area contributed by atoms with Gasteiger partial charge in [-0.25, -0.2) is 0 Å². The molecule has 8 heteroatoms. The van der Waals surface area contributed by atoms with Crippen molar-refractivity contribution in [2.45, 2.75) is 51.1 Å². The van der Waals surface area contributed by atoms with E-state index in [2.05, 4.69) is 15.6 Å². The number of nitrogens with one attached hydrogen (secondary N) is 3. The topological polar surface area (TPSA) is 126 Å². The van der Waals surface area contributed by atoms with E-state index in [-0.39, 0.29) is 18.2 Å². The minimum Gasteiger partial charge on any atom is -0.496 e. The zero-order valence-electron chi connectivity index (χ0n) is 20.3. The zero-order valence-corrected chi connectivity index (χ0v) is 20.3. The highest BCUT2D eigenvalue weighted by atomic mass is 16.5. The van der Waals surface area contributed by atoms with Crippen LogP contribution in [0.3, 0.4) is 0 Å². The van der Waals surface area contributed by atoms with E-state index in [9.17, 15) is 14.4 Å². The van der Waals surface area contributed by atoms with E-state index < -0.39 is 23.4 Å². The second kappa shape index (κ2) is 9.82. The summed E-state index contributed by atoms with van der Waals surface area (Å²) in [6.45, 7) is 3.64. The van der Waals surface area contributed by atoms with Gasteiger partial charge in [0.25, 0.3) is 0 Å². The van der Waals surface area contributed by atoms with Crippen LogP contribution in [0.4, 0.5) is 0 Å². The van der Waals surface area contributed by atoms with E-state index in [0.29, 0.717) is 25.0 Å². The smallest absolute Gasteiger partial charge is 0.246 e. The molecule has 0 saturated heterocycles. The number of fused-ring (bicyclic) bond motifs is 3. The second-order valence-electron chi connectivity index (χ2n) is 9.52. The number of aromatic nitrogens is 1. The maximum absolute atomic E-state index is 13.7. The summed E-state index contributed by atoms with van der Waals surface area (Å²) in [6, 6.07) is 14.4. The Morgan fingerprint density at radius 3 is 2.54 bits per heavy atom. The molecule has 3 aromatic rings. The van der Waals surface area contributed by atoms with Gasteiger partial charge in [0, 0.05) is 28.6 Å². The lowest BCUT2D eigenvalue weighted by molar-refractivity contribution is -0.136. The van der Waals surface area contributed by atoms with Crippen LogP contribution < -0.4 is 21.1 Å². The fraction of sp³-hybridized carbons (Fsp3) is 0.370. The first-order chi connectivity index (χ1) is 16.7. The number of carbonyl (C=O) groups is 3. The number of methoxy groups -OCH3 is 1. The van der Waals surface area contributed by atoms with Gasteiger partial charge < -0.3 is 26.1 Å². The SMILES string of the molecule is COc1ccccc1CC(=O)N[C@@]1(C(=O)N[C@H](C(N)=O)C(C)C)CCc2[nH]c3ccccc3c2C1. The maximum Gasteiger partial charge on any atom is 0.246 e. The van der Waals surface area contributed by atoms with Crippen molar-refractivity contribution < 1.29 is 19.1 Å². The number of para-hydroxylation sites is 2. The van der Waals surface area contributed by atoms with Crippen LogP contribution in [0.2, 0.25) is 0 Å². The normalized spacial score (nSPS) is 18.1. The van der Waals surface area contributed by atoms with E-state index in [1.165, 1.54) is 0 Å². The Morgan fingerprint density at radius 1 is 1.11 bits per heavy atom. The van der Waals surface area contributed by atoms with Gasteiger partial charge in [-0.1, -0.05) is 50.2 Å². The van der Waals surface area contributed by atoms with Gasteiger partial charge >= 0.3 is 0 Å². The molecule has 2 aromatic carbocycles. The van der Waals surface area contributed by atoms with Crippen molar-refractivity contribution in [3.05, 3.63) is 65.4 Å². The van der Waals surface area contributed by atoms with E-state index in [1.54, 1.807) is 13.2 Å². The Hall–Kier alpha value is -3.81. The quantitative estimate of drug-likeness (QED) is 0.398. The molecule has 0 saturated carbocycles. The molecule has 2 atom stereocenters. The number of benzene rings is 2. The number of rotatable bonds is 8. The average molecular weight is 477 g/mol. The molecule has 35 heavy (non-hydrogen) atoms. The summed E-state index contributed by atoms with van der Waals surface area (Å²) < 4.78 is 5.38. The van der Waals surface area contributed by atoms with Crippen LogP contribution in [0.15, 0.2) is 48.5 Å². The fourth-order valence-electron chi connectivity index (χ4n) is 4.94.